The van der Waals surface area contributed by atoms with Crippen LogP contribution < -0.4 is 9.47 Å². The molecule has 2 aromatic rings. The number of nitrogens with zero attached hydrogens (tertiary/aromatic N) is 1. The van der Waals surface area contributed by atoms with Crippen LogP contribution in [0.2, 0.25) is 0 Å². The molecule has 0 bridgehead atoms. The number of methoxy groups -OCH3 is 2. The molecule has 1 aromatic carbocycles. The number of aromatic carboxylic acids is 1. The summed E-state index contributed by atoms with van der Waals surface area (Å²) in [6, 6.07) is 5.02. The molecule has 118 valence electrons. The third kappa shape index (κ3) is 2.90. The molecule has 22 heavy (non-hydrogen) atoms. The van der Waals surface area contributed by atoms with Crippen LogP contribution in [0.4, 0.5) is 0 Å². The third-order valence-electron chi connectivity index (χ3n) is 3.31. The smallest absolute Gasteiger partial charge is 0.374 e. The lowest BCUT2D eigenvalue weighted by Gasteiger charge is -2.24. The molecule has 6 nitrogen and oxygen atoms in total. The third-order valence-corrected chi connectivity index (χ3v) is 3.31. The van der Waals surface area contributed by atoms with Crippen molar-refractivity contribution in [2.45, 2.75) is 26.2 Å². The lowest BCUT2D eigenvalue weighted by Crippen LogP contribution is -2.13. The van der Waals surface area contributed by atoms with Gasteiger partial charge in [-0.25, -0.2) is 4.79 Å². The summed E-state index contributed by atoms with van der Waals surface area (Å²) in [6.45, 7) is 6.17. The van der Waals surface area contributed by atoms with E-state index in [4.69, 9.17) is 19.1 Å². The summed E-state index contributed by atoms with van der Waals surface area (Å²) in [5.41, 5.74) is 1.76. The quantitative estimate of drug-likeness (QED) is 0.932. The number of carboxylic acids is 1. The van der Waals surface area contributed by atoms with Gasteiger partial charge in [-0.1, -0.05) is 25.9 Å². The zero-order valence-corrected chi connectivity index (χ0v) is 13.3. The maximum atomic E-state index is 11.0. The summed E-state index contributed by atoms with van der Waals surface area (Å²) in [6.07, 6.45) is 0. The summed E-state index contributed by atoms with van der Waals surface area (Å²) >= 11 is 0. The number of aromatic nitrogens is 1. The fraction of sp³-hybridized carbons (Fsp3) is 0.375. The molecule has 2 rings (SSSR count). The van der Waals surface area contributed by atoms with E-state index >= 15 is 0 Å². The van der Waals surface area contributed by atoms with Crippen LogP contribution in [0.1, 0.15) is 36.9 Å². The zero-order chi connectivity index (χ0) is 16.5. The highest BCUT2D eigenvalue weighted by Gasteiger charge is 2.25. The molecule has 0 radical (unpaired) electrons. The molecule has 0 spiro atoms. The van der Waals surface area contributed by atoms with Crippen molar-refractivity contribution >= 4 is 5.97 Å². The van der Waals surface area contributed by atoms with E-state index in [2.05, 4.69) is 25.9 Å². The van der Waals surface area contributed by atoms with E-state index < -0.39 is 5.97 Å². The summed E-state index contributed by atoms with van der Waals surface area (Å²) < 4.78 is 15.7. The predicted octanol–water partition coefficient (Wildman–Crippen LogP) is 3.35. The van der Waals surface area contributed by atoms with Crippen LogP contribution in [-0.2, 0) is 5.41 Å². The van der Waals surface area contributed by atoms with E-state index in [1.807, 2.05) is 6.07 Å². The molecule has 1 N–H and O–H groups in total. The van der Waals surface area contributed by atoms with Crippen molar-refractivity contribution in [3.05, 3.63) is 29.5 Å². The Kier molecular flexibility index (Phi) is 4.12. The van der Waals surface area contributed by atoms with Crippen molar-refractivity contribution < 1.29 is 23.9 Å². The molecule has 1 heterocycles. The van der Waals surface area contributed by atoms with Crippen LogP contribution in [0, 0.1) is 0 Å². The van der Waals surface area contributed by atoms with Crippen LogP contribution in [0.25, 0.3) is 11.3 Å². The first-order valence-electron chi connectivity index (χ1n) is 6.74. The maximum absolute atomic E-state index is 11.0. The summed E-state index contributed by atoms with van der Waals surface area (Å²) in [4.78, 5) is 11.0. The number of benzene rings is 1. The van der Waals surface area contributed by atoms with Crippen LogP contribution in [-0.4, -0.2) is 30.5 Å². The monoisotopic (exact) mass is 305 g/mol. The number of ether oxygens (including phenoxy) is 2. The van der Waals surface area contributed by atoms with E-state index in [1.165, 1.54) is 6.07 Å². The molecule has 0 aliphatic rings. The van der Waals surface area contributed by atoms with Crippen LogP contribution in [0.5, 0.6) is 11.5 Å². The average molecular weight is 305 g/mol. The number of carboxylic acid groups (broad SMARTS) is 1. The lowest BCUT2D eigenvalue weighted by molar-refractivity contribution is 0.0652. The number of hydrogen-bond donors (Lipinski definition) is 1. The Labute approximate surface area is 128 Å². The second-order valence-electron chi connectivity index (χ2n) is 5.89. The van der Waals surface area contributed by atoms with Gasteiger partial charge in [-0.3, -0.25) is 0 Å². The van der Waals surface area contributed by atoms with E-state index in [0.29, 0.717) is 22.8 Å². The highest BCUT2D eigenvalue weighted by molar-refractivity contribution is 5.86. The first-order valence-corrected chi connectivity index (χ1v) is 6.74. The second-order valence-corrected chi connectivity index (χ2v) is 5.89. The van der Waals surface area contributed by atoms with Crippen molar-refractivity contribution in [3.63, 3.8) is 0 Å². The van der Waals surface area contributed by atoms with Crippen molar-refractivity contribution in [1.29, 1.82) is 0 Å². The van der Waals surface area contributed by atoms with Gasteiger partial charge in [0.25, 0.3) is 0 Å². The van der Waals surface area contributed by atoms with Gasteiger partial charge in [0.15, 0.2) is 0 Å². The Morgan fingerprint density at radius 3 is 2.32 bits per heavy atom. The molecular formula is C16H19NO5. The molecule has 0 atom stereocenters. The van der Waals surface area contributed by atoms with Gasteiger partial charge in [0.05, 0.1) is 14.2 Å². The molecule has 0 fully saturated rings. The summed E-state index contributed by atoms with van der Waals surface area (Å²) in [5, 5.41) is 12.8. The number of hydrogen-bond acceptors (Lipinski definition) is 5. The fourth-order valence-electron chi connectivity index (χ4n) is 2.19. The molecule has 0 aliphatic carbocycles. The van der Waals surface area contributed by atoms with Crippen molar-refractivity contribution in [1.82, 2.24) is 5.16 Å². The van der Waals surface area contributed by atoms with Crippen molar-refractivity contribution in [2.24, 2.45) is 0 Å². The Balaban J connectivity index is 2.70. The standard InChI is InChI=1S/C16H19NO5/c1-16(2,3)11-7-9(20-4)6-10(14(11)21-5)12-8-13(15(18)19)22-17-12/h6-8H,1-5H3,(H,18,19). The van der Waals surface area contributed by atoms with E-state index in [1.54, 1.807) is 20.3 Å². The van der Waals surface area contributed by atoms with Gasteiger partial charge in [0.1, 0.15) is 17.2 Å². The molecule has 0 amide bonds. The van der Waals surface area contributed by atoms with Crippen LogP contribution >= 0.6 is 0 Å². The predicted molar refractivity (Wildman–Crippen MR) is 80.7 cm³/mol. The van der Waals surface area contributed by atoms with Crippen molar-refractivity contribution in [2.75, 3.05) is 14.2 Å². The first-order chi connectivity index (χ1) is 10.3. The average Bonchev–Trinajstić information content (AvgIpc) is 2.94. The topological polar surface area (TPSA) is 81.8 Å². The minimum Gasteiger partial charge on any atom is -0.497 e. The highest BCUT2D eigenvalue weighted by atomic mass is 16.5. The van der Waals surface area contributed by atoms with Gasteiger partial charge < -0.3 is 19.1 Å². The normalized spacial score (nSPS) is 11.3. The first kappa shape index (κ1) is 15.9. The zero-order valence-electron chi connectivity index (χ0n) is 13.3. The number of rotatable bonds is 4. The minimum absolute atomic E-state index is 0.187. The Morgan fingerprint density at radius 1 is 1.18 bits per heavy atom. The van der Waals surface area contributed by atoms with E-state index in [-0.39, 0.29) is 11.2 Å². The van der Waals surface area contributed by atoms with Gasteiger partial charge in [0.2, 0.25) is 5.76 Å². The number of carbonyl (C=O) groups is 1. The molecule has 0 aliphatic heterocycles. The van der Waals surface area contributed by atoms with Crippen LogP contribution in [0.15, 0.2) is 22.7 Å². The van der Waals surface area contributed by atoms with Crippen molar-refractivity contribution in [3.8, 4) is 22.8 Å². The highest BCUT2D eigenvalue weighted by Crippen LogP contribution is 2.41. The largest absolute Gasteiger partial charge is 0.497 e. The van der Waals surface area contributed by atoms with E-state index in [9.17, 15) is 4.79 Å². The fourth-order valence-corrected chi connectivity index (χ4v) is 2.19. The Morgan fingerprint density at radius 2 is 1.86 bits per heavy atom. The molecule has 0 saturated carbocycles. The molecule has 1 aromatic heterocycles. The minimum atomic E-state index is -1.17. The van der Waals surface area contributed by atoms with Gasteiger partial charge in [0, 0.05) is 17.2 Å². The Hall–Kier alpha value is -2.50. The summed E-state index contributed by atoms with van der Waals surface area (Å²) in [5.74, 6) is -0.132. The molecular weight excluding hydrogens is 286 g/mol. The molecule has 0 saturated heterocycles. The van der Waals surface area contributed by atoms with Gasteiger partial charge >= 0.3 is 5.97 Å². The van der Waals surface area contributed by atoms with Crippen LogP contribution in [0.3, 0.4) is 0 Å². The lowest BCUT2D eigenvalue weighted by atomic mass is 9.84. The van der Waals surface area contributed by atoms with E-state index in [0.717, 1.165) is 5.56 Å². The second kappa shape index (κ2) is 5.71. The molecule has 0 unspecified atom stereocenters. The SMILES string of the molecule is COc1cc(-c2cc(C(=O)O)on2)c(OC)c(C(C)(C)C)c1. The summed E-state index contributed by atoms with van der Waals surface area (Å²) in [7, 11) is 3.14. The Bertz CT molecular complexity index is 697. The van der Waals surface area contributed by atoms with Gasteiger partial charge in [-0.15, -0.1) is 0 Å². The van der Waals surface area contributed by atoms with Gasteiger partial charge in [-0.2, -0.15) is 0 Å². The molecule has 6 heteroatoms. The maximum Gasteiger partial charge on any atom is 0.374 e. The van der Waals surface area contributed by atoms with Gasteiger partial charge in [-0.05, 0) is 17.5 Å².